The maximum Gasteiger partial charge on any atom is 0.181 e. The quantitative estimate of drug-likeness (QED) is 0.604. The number of nitrogens with zero attached hydrogens (tertiary/aromatic N) is 3. The number of allylic oxidation sites excluding steroid dienone is 1. The van der Waals surface area contributed by atoms with Gasteiger partial charge >= 0.3 is 0 Å². The van der Waals surface area contributed by atoms with Gasteiger partial charge in [-0.05, 0) is 18.2 Å². The fraction of sp³-hybridized carbons (Fsp3) is 0. The molecule has 0 unspecified atom stereocenters. The molecule has 0 saturated heterocycles. The van der Waals surface area contributed by atoms with Gasteiger partial charge in [0.25, 0.3) is 0 Å². The monoisotopic (exact) mass is 233 g/mol. The molecule has 4 nitrogen and oxygen atoms in total. The first-order valence-electron chi connectivity index (χ1n) is 4.58. The molecule has 0 N–H and O–H groups in total. The highest BCUT2D eigenvalue weighted by Crippen LogP contribution is 2.18. The van der Waals surface area contributed by atoms with Gasteiger partial charge in [-0.25, -0.2) is 9.67 Å². The molecule has 1 aromatic heterocycles. The number of aldehydes is 1. The zero-order chi connectivity index (χ0) is 11.4. The van der Waals surface area contributed by atoms with Gasteiger partial charge < -0.3 is 0 Å². The Hall–Kier alpha value is -1.94. The van der Waals surface area contributed by atoms with Crippen molar-refractivity contribution in [3.8, 4) is 11.4 Å². The van der Waals surface area contributed by atoms with Crippen LogP contribution in [-0.4, -0.2) is 21.1 Å². The van der Waals surface area contributed by atoms with E-state index in [0.717, 1.165) is 5.56 Å². The first-order chi connectivity index (χ1) is 7.79. The van der Waals surface area contributed by atoms with Gasteiger partial charge in [-0.3, -0.25) is 4.79 Å². The number of carbonyl (C=O) groups is 1. The lowest BCUT2D eigenvalue weighted by molar-refractivity contribution is -0.104. The highest BCUT2D eigenvalue weighted by atomic mass is 35.5. The van der Waals surface area contributed by atoms with Crippen LogP contribution in [0.1, 0.15) is 0 Å². The highest BCUT2D eigenvalue weighted by Gasteiger charge is 2.02. The van der Waals surface area contributed by atoms with Gasteiger partial charge in [-0.15, -0.1) is 5.10 Å². The lowest BCUT2D eigenvalue weighted by Gasteiger charge is -1.94. The zero-order valence-electron chi connectivity index (χ0n) is 8.25. The topological polar surface area (TPSA) is 47.8 Å². The smallest absolute Gasteiger partial charge is 0.181 e. The molecule has 0 fully saturated rings. The van der Waals surface area contributed by atoms with E-state index < -0.39 is 0 Å². The van der Waals surface area contributed by atoms with Crippen LogP contribution in [-0.2, 0) is 4.79 Å². The third kappa shape index (κ3) is 2.35. The molecule has 16 heavy (non-hydrogen) atoms. The fourth-order valence-electron chi connectivity index (χ4n) is 1.23. The second-order valence-electron chi connectivity index (χ2n) is 3.04. The van der Waals surface area contributed by atoms with E-state index in [1.54, 1.807) is 12.1 Å². The number of carbonyl (C=O) groups excluding carboxylic acids is 1. The number of hydrogen-bond acceptors (Lipinski definition) is 3. The van der Waals surface area contributed by atoms with Gasteiger partial charge in [0.15, 0.2) is 5.82 Å². The lowest BCUT2D eigenvalue weighted by Crippen LogP contribution is -1.87. The van der Waals surface area contributed by atoms with Crippen LogP contribution < -0.4 is 0 Å². The van der Waals surface area contributed by atoms with E-state index in [1.807, 2.05) is 12.1 Å². The van der Waals surface area contributed by atoms with E-state index in [9.17, 15) is 4.79 Å². The largest absolute Gasteiger partial charge is 0.299 e. The first kappa shape index (κ1) is 10.6. The lowest BCUT2D eigenvalue weighted by atomic mass is 10.2. The molecular weight excluding hydrogens is 226 g/mol. The molecule has 80 valence electrons. The summed E-state index contributed by atoms with van der Waals surface area (Å²) in [6.45, 7) is 0. The predicted molar refractivity (Wildman–Crippen MR) is 61.9 cm³/mol. The predicted octanol–water partition coefficient (Wildman–Crippen LogP) is 2.27. The van der Waals surface area contributed by atoms with Crippen LogP contribution in [0.15, 0.2) is 36.7 Å². The Morgan fingerprint density at radius 3 is 3.00 bits per heavy atom. The second kappa shape index (κ2) is 4.72. The molecule has 5 heteroatoms. The summed E-state index contributed by atoms with van der Waals surface area (Å²) in [5.74, 6) is 0.568. The Labute approximate surface area is 97.2 Å². The molecule has 2 rings (SSSR count). The molecule has 0 saturated carbocycles. The number of aromatic nitrogens is 3. The molecule has 1 heterocycles. The van der Waals surface area contributed by atoms with Crippen molar-refractivity contribution in [2.24, 2.45) is 0 Å². The zero-order valence-corrected chi connectivity index (χ0v) is 9.00. The normalized spacial score (nSPS) is 10.8. The van der Waals surface area contributed by atoms with Crippen molar-refractivity contribution < 1.29 is 4.79 Å². The summed E-state index contributed by atoms with van der Waals surface area (Å²) in [7, 11) is 0. The molecule has 0 aliphatic heterocycles. The minimum Gasteiger partial charge on any atom is -0.299 e. The Morgan fingerprint density at radius 2 is 2.25 bits per heavy atom. The van der Waals surface area contributed by atoms with Crippen molar-refractivity contribution in [3.63, 3.8) is 0 Å². The average Bonchev–Trinajstić information content (AvgIpc) is 2.75. The molecule has 0 amide bonds. The van der Waals surface area contributed by atoms with E-state index in [1.165, 1.54) is 23.3 Å². The molecule has 0 atom stereocenters. The van der Waals surface area contributed by atoms with Gasteiger partial charge in [-0.1, -0.05) is 23.7 Å². The summed E-state index contributed by atoms with van der Waals surface area (Å²) in [5, 5.41) is 4.80. The Balaban J connectivity index is 2.31. The molecule has 2 aromatic rings. The molecule has 1 aromatic carbocycles. The van der Waals surface area contributed by atoms with Crippen LogP contribution in [0, 0.1) is 0 Å². The number of hydrogen-bond donors (Lipinski definition) is 0. The van der Waals surface area contributed by atoms with Crippen LogP contribution in [0.3, 0.4) is 0 Å². The standard InChI is InChI=1S/C11H8ClN3O/c12-10-4-1-3-9(7-10)11-13-8-15(14-11)5-2-6-16/h1-8H/b5-2+. The number of halogens is 1. The second-order valence-corrected chi connectivity index (χ2v) is 3.47. The first-order valence-corrected chi connectivity index (χ1v) is 4.96. The number of rotatable bonds is 3. The fourth-order valence-corrected chi connectivity index (χ4v) is 1.42. The third-order valence-electron chi connectivity index (χ3n) is 1.91. The molecule has 0 radical (unpaired) electrons. The minimum absolute atomic E-state index is 0.568. The Kier molecular flexibility index (Phi) is 3.12. The molecule has 0 spiro atoms. The van der Waals surface area contributed by atoms with E-state index >= 15 is 0 Å². The van der Waals surface area contributed by atoms with Crippen molar-refractivity contribution in [1.82, 2.24) is 14.8 Å². The van der Waals surface area contributed by atoms with Crippen LogP contribution in [0.25, 0.3) is 17.6 Å². The Morgan fingerprint density at radius 1 is 1.38 bits per heavy atom. The van der Waals surface area contributed by atoms with Crippen molar-refractivity contribution in [1.29, 1.82) is 0 Å². The van der Waals surface area contributed by atoms with Crippen LogP contribution in [0.4, 0.5) is 0 Å². The Bertz CT molecular complexity index is 534. The van der Waals surface area contributed by atoms with E-state index in [4.69, 9.17) is 11.6 Å². The van der Waals surface area contributed by atoms with Gasteiger partial charge in [0.2, 0.25) is 0 Å². The molecule has 0 aliphatic carbocycles. The maximum atomic E-state index is 10.1. The van der Waals surface area contributed by atoms with E-state index in [0.29, 0.717) is 17.1 Å². The molecule has 0 bridgehead atoms. The summed E-state index contributed by atoms with van der Waals surface area (Å²) in [6.07, 6.45) is 5.07. The van der Waals surface area contributed by atoms with Crippen molar-refractivity contribution in [3.05, 3.63) is 41.7 Å². The highest BCUT2D eigenvalue weighted by molar-refractivity contribution is 6.30. The van der Waals surface area contributed by atoms with E-state index in [-0.39, 0.29) is 0 Å². The third-order valence-corrected chi connectivity index (χ3v) is 2.14. The van der Waals surface area contributed by atoms with Gasteiger partial charge in [0.1, 0.15) is 12.6 Å². The summed E-state index contributed by atoms with van der Waals surface area (Å²) in [6, 6.07) is 7.27. The van der Waals surface area contributed by atoms with Gasteiger partial charge in [-0.2, -0.15) is 0 Å². The molecule has 0 aliphatic rings. The summed E-state index contributed by atoms with van der Waals surface area (Å²) >= 11 is 5.86. The SMILES string of the molecule is O=C/C=C/n1cnc(-c2cccc(Cl)c2)n1. The average molecular weight is 234 g/mol. The van der Waals surface area contributed by atoms with Crippen molar-refractivity contribution in [2.45, 2.75) is 0 Å². The van der Waals surface area contributed by atoms with Crippen LogP contribution in [0.2, 0.25) is 5.02 Å². The summed E-state index contributed by atoms with van der Waals surface area (Å²) < 4.78 is 1.46. The van der Waals surface area contributed by atoms with Crippen molar-refractivity contribution >= 4 is 24.1 Å². The van der Waals surface area contributed by atoms with Gasteiger partial charge in [0.05, 0.1) is 0 Å². The van der Waals surface area contributed by atoms with Gasteiger partial charge in [0, 0.05) is 16.8 Å². The molecular formula is C11H8ClN3O. The minimum atomic E-state index is 0.568. The number of benzene rings is 1. The van der Waals surface area contributed by atoms with Crippen LogP contribution >= 0.6 is 11.6 Å². The summed E-state index contributed by atoms with van der Waals surface area (Å²) in [5.41, 5.74) is 0.839. The van der Waals surface area contributed by atoms with Crippen LogP contribution in [0.5, 0.6) is 0 Å². The maximum absolute atomic E-state index is 10.1. The van der Waals surface area contributed by atoms with E-state index in [2.05, 4.69) is 10.1 Å². The van der Waals surface area contributed by atoms with Crippen molar-refractivity contribution in [2.75, 3.05) is 0 Å². The summed E-state index contributed by atoms with van der Waals surface area (Å²) in [4.78, 5) is 14.2.